The molecule has 0 unspecified atom stereocenters. The lowest BCUT2D eigenvalue weighted by Gasteiger charge is -2.22. The Labute approximate surface area is 177 Å². The van der Waals surface area contributed by atoms with E-state index in [9.17, 15) is 13.2 Å². The molecule has 3 rings (SSSR count). The smallest absolute Gasteiger partial charge is 0.264 e. The number of hydrogen-bond donors (Lipinski definition) is 1. The molecule has 0 heterocycles. The highest BCUT2D eigenvalue weighted by Gasteiger charge is 2.23. The molecule has 0 aromatic heterocycles. The van der Waals surface area contributed by atoms with Gasteiger partial charge in [-0.1, -0.05) is 29.8 Å². The van der Waals surface area contributed by atoms with Crippen molar-refractivity contribution in [3.05, 3.63) is 83.4 Å². The van der Waals surface area contributed by atoms with Crippen molar-refractivity contribution in [2.75, 3.05) is 23.8 Å². The quantitative estimate of drug-likeness (QED) is 0.637. The van der Waals surface area contributed by atoms with Crippen molar-refractivity contribution in [1.82, 2.24) is 0 Å². The lowest BCUT2D eigenvalue weighted by molar-refractivity contribution is 0.102. The minimum Gasteiger partial charge on any atom is -0.495 e. The van der Waals surface area contributed by atoms with Gasteiger partial charge in [-0.3, -0.25) is 9.10 Å². The Balaban J connectivity index is 1.85. The van der Waals surface area contributed by atoms with E-state index >= 15 is 0 Å². The van der Waals surface area contributed by atoms with Gasteiger partial charge in [0, 0.05) is 12.6 Å². The van der Waals surface area contributed by atoms with Gasteiger partial charge in [-0.2, -0.15) is 0 Å². The lowest BCUT2D eigenvalue weighted by Crippen LogP contribution is -2.27. The van der Waals surface area contributed by atoms with Gasteiger partial charge in [-0.25, -0.2) is 8.42 Å². The van der Waals surface area contributed by atoms with Crippen molar-refractivity contribution in [2.45, 2.75) is 18.7 Å². The van der Waals surface area contributed by atoms with Crippen LogP contribution >= 0.6 is 0 Å². The number of anilines is 2. The zero-order valence-corrected chi connectivity index (χ0v) is 18.2. The predicted octanol–water partition coefficient (Wildman–Crippen LogP) is 4.39. The first-order valence-electron chi connectivity index (χ1n) is 9.34. The molecule has 0 aliphatic rings. The molecule has 3 aromatic rings. The molecule has 156 valence electrons. The summed E-state index contributed by atoms with van der Waals surface area (Å²) in [6.45, 7) is 3.68. The molecular formula is C23H24N2O4S. The van der Waals surface area contributed by atoms with Crippen molar-refractivity contribution < 1.29 is 17.9 Å². The SMILES string of the molecule is COc1ccccc1NC(=O)c1ccc(N(C)S(=O)(=O)c2ccc(C)cc2)c(C)c1. The summed E-state index contributed by atoms with van der Waals surface area (Å²) in [7, 11) is -0.664. The number of methoxy groups -OCH3 is 1. The van der Waals surface area contributed by atoms with E-state index in [0.29, 0.717) is 28.3 Å². The summed E-state index contributed by atoms with van der Waals surface area (Å²) in [5.74, 6) is 0.251. The molecule has 0 saturated heterocycles. The molecule has 1 N–H and O–H groups in total. The molecule has 0 atom stereocenters. The third-order valence-corrected chi connectivity index (χ3v) is 6.62. The van der Waals surface area contributed by atoms with Crippen LogP contribution in [-0.2, 0) is 10.0 Å². The average Bonchev–Trinajstić information content (AvgIpc) is 2.73. The first-order chi connectivity index (χ1) is 14.2. The van der Waals surface area contributed by atoms with Crippen LogP contribution in [-0.4, -0.2) is 28.5 Å². The number of hydrogen-bond acceptors (Lipinski definition) is 4. The van der Waals surface area contributed by atoms with Crippen molar-refractivity contribution >= 4 is 27.3 Å². The van der Waals surface area contributed by atoms with Crippen LogP contribution in [0.5, 0.6) is 5.75 Å². The summed E-state index contributed by atoms with van der Waals surface area (Å²) >= 11 is 0. The summed E-state index contributed by atoms with van der Waals surface area (Å²) in [6.07, 6.45) is 0. The lowest BCUT2D eigenvalue weighted by atomic mass is 10.1. The molecular weight excluding hydrogens is 400 g/mol. The largest absolute Gasteiger partial charge is 0.495 e. The van der Waals surface area contributed by atoms with Crippen LogP contribution in [0.25, 0.3) is 0 Å². The number of benzene rings is 3. The third-order valence-electron chi connectivity index (χ3n) is 4.83. The molecule has 30 heavy (non-hydrogen) atoms. The van der Waals surface area contributed by atoms with E-state index in [2.05, 4.69) is 5.32 Å². The van der Waals surface area contributed by atoms with Gasteiger partial charge in [-0.05, 0) is 61.9 Å². The van der Waals surface area contributed by atoms with Crippen LogP contribution in [0.2, 0.25) is 0 Å². The normalized spacial score (nSPS) is 11.1. The minimum atomic E-state index is -3.71. The standard InChI is InChI=1S/C23H24N2O4S/c1-16-9-12-19(13-10-16)30(27,28)25(3)21-14-11-18(15-17(21)2)23(26)24-20-7-5-6-8-22(20)29-4/h5-15H,1-4H3,(H,24,26). The molecule has 0 saturated carbocycles. The van der Waals surface area contributed by atoms with Crippen molar-refractivity contribution in [1.29, 1.82) is 0 Å². The Morgan fingerprint density at radius 3 is 2.27 bits per heavy atom. The zero-order chi connectivity index (χ0) is 21.9. The van der Waals surface area contributed by atoms with Gasteiger partial charge < -0.3 is 10.1 Å². The number of para-hydroxylation sites is 2. The monoisotopic (exact) mass is 424 g/mol. The second kappa shape index (κ2) is 8.59. The second-order valence-electron chi connectivity index (χ2n) is 6.94. The van der Waals surface area contributed by atoms with Crippen LogP contribution in [0.4, 0.5) is 11.4 Å². The van der Waals surface area contributed by atoms with E-state index in [1.807, 2.05) is 13.0 Å². The maximum atomic E-state index is 13.0. The first-order valence-corrected chi connectivity index (χ1v) is 10.8. The fourth-order valence-corrected chi connectivity index (χ4v) is 4.35. The van der Waals surface area contributed by atoms with E-state index in [-0.39, 0.29) is 10.8 Å². The zero-order valence-electron chi connectivity index (χ0n) is 17.3. The highest BCUT2D eigenvalue weighted by atomic mass is 32.2. The number of rotatable bonds is 6. The molecule has 0 aliphatic heterocycles. The predicted molar refractivity (Wildman–Crippen MR) is 119 cm³/mol. The number of ether oxygens (including phenoxy) is 1. The summed E-state index contributed by atoms with van der Waals surface area (Å²) in [5.41, 5.74) is 3.14. The molecule has 1 amide bonds. The number of carbonyl (C=O) groups is 1. The Kier molecular flexibility index (Phi) is 6.12. The van der Waals surface area contributed by atoms with Crippen molar-refractivity contribution in [3.8, 4) is 5.75 Å². The maximum absolute atomic E-state index is 13.0. The molecule has 0 radical (unpaired) electrons. The van der Waals surface area contributed by atoms with E-state index in [1.54, 1.807) is 67.6 Å². The Bertz CT molecular complexity index is 1170. The van der Waals surface area contributed by atoms with E-state index < -0.39 is 10.0 Å². The summed E-state index contributed by atoms with van der Waals surface area (Å²) in [4.78, 5) is 12.9. The number of nitrogens with one attached hydrogen (secondary N) is 1. The van der Waals surface area contributed by atoms with Gasteiger partial charge in [0.2, 0.25) is 0 Å². The number of amides is 1. The van der Waals surface area contributed by atoms with Crippen molar-refractivity contribution in [2.24, 2.45) is 0 Å². The average molecular weight is 425 g/mol. The topological polar surface area (TPSA) is 75.7 Å². The molecule has 0 fully saturated rings. The number of aryl methyl sites for hydroxylation is 2. The molecule has 6 nitrogen and oxygen atoms in total. The second-order valence-corrected chi connectivity index (χ2v) is 8.91. The number of nitrogens with zero attached hydrogens (tertiary/aromatic N) is 1. The first kappa shape index (κ1) is 21.4. The van der Waals surface area contributed by atoms with E-state index in [1.165, 1.54) is 18.5 Å². The van der Waals surface area contributed by atoms with Gasteiger partial charge in [0.25, 0.3) is 15.9 Å². The van der Waals surface area contributed by atoms with E-state index in [0.717, 1.165) is 5.56 Å². The molecule has 0 spiro atoms. The Hall–Kier alpha value is -3.32. The van der Waals surface area contributed by atoms with Crippen LogP contribution in [0.15, 0.2) is 71.6 Å². The molecule has 0 aliphatic carbocycles. The third kappa shape index (κ3) is 4.31. The van der Waals surface area contributed by atoms with Crippen LogP contribution in [0.1, 0.15) is 21.5 Å². The van der Waals surface area contributed by atoms with Crippen LogP contribution in [0.3, 0.4) is 0 Å². The fraction of sp³-hybridized carbons (Fsp3) is 0.174. The summed E-state index contributed by atoms with van der Waals surface area (Å²) < 4.78 is 32.4. The maximum Gasteiger partial charge on any atom is 0.264 e. The highest BCUT2D eigenvalue weighted by molar-refractivity contribution is 7.92. The Morgan fingerprint density at radius 2 is 1.63 bits per heavy atom. The fourth-order valence-electron chi connectivity index (χ4n) is 3.09. The van der Waals surface area contributed by atoms with Gasteiger partial charge in [0.05, 0.1) is 23.4 Å². The molecule has 3 aromatic carbocycles. The van der Waals surface area contributed by atoms with Crippen molar-refractivity contribution in [3.63, 3.8) is 0 Å². The Morgan fingerprint density at radius 1 is 0.967 bits per heavy atom. The molecule has 0 bridgehead atoms. The van der Waals surface area contributed by atoms with Crippen LogP contribution in [0, 0.1) is 13.8 Å². The van der Waals surface area contributed by atoms with Gasteiger partial charge in [0.15, 0.2) is 0 Å². The van der Waals surface area contributed by atoms with Gasteiger partial charge in [0.1, 0.15) is 5.75 Å². The minimum absolute atomic E-state index is 0.216. The molecule has 7 heteroatoms. The number of sulfonamides is 1. The van der Waals surface area contributed by atoms with Gasteiger partial charge in [-0.15, -0.1) is 0 Å². The summed E-state index contributed by atoms with van der Waals surface area (Å²) in [5, 5.41) is 2.82. The van der Waals surface area contributed by atoms with E-state index in [4.69, 9.17) is 4.74 Å². The van der Waals surface area contributed by atoms with Gasteiger partial charge >= 0.3 is 0 Å². The summed E-state index contributed by atoms with van der Waals surface area (Å²) in [6, 6.07) is 18.7. The number of carbonyl (C=O) groups excluding carboxylic acids is 1. The highest BCUT2D eigenvalue weighted by Crippen LogP contribution is 2.28. The van der Waals surface area contributed by atoms with Crippen LogP contribution < -0.4 is 14.4 Å².